The van der Waals surface area contributed by atoms with E-state index < -0.39 is 0 Å². The Labute approximate surface area is 114 Å². The Morgan fingerprint density at radius 3 is 3.06 bits per heavy atom. The largest absolute Gasteiger partial charge is 0.358 e. The van der Waals surface area contributed by atoms with Crippen LogP contribution in [0.15, 0.2) is 41.6 Å². The number of nitrogens with zero attached hydrogens (tertiary/aromatic N) is 1. The number of hydrazine groups is 1. The molecule has 4 N–H and O–H groups in total. The molecule has 0 spiro atoms. The molecule has 92 valence electrons. The summed E-state index contributed by atoms with van der Waals surface area (Å²) in [6.45, 7) is 0.678. The normalized spacial score (nSPS) is 10.4. The second-order valence-electron chi connectivity index (χ2n) is 2.86. The average molecular weight is 286 g/mol. The van der Waals surface area contributed by atoms with Crippen molar-refractivity contribution in [3.63, 3.8) is 0 Å². The van der Waals surface area contributed by atoms with Crippen LogP contribution in [0.3, 0.4) is 0 Å². The maximum atomic E-state index is 5.11. The molecule has 0 atom stereocenters. The first-order valence-electron chi connectivity index (χ1n) is 4.93. The van der Waals surface area contributed by atoms with Gasteiger partial charge in [0.1, 0.15) is 5.03 Å². The Balaban J connectivity index is 2.04. The lowest BCUT2D eigenvalue weighted by Crippen LogP contribution is -2.39. The molecular formula is C10H14N4S3. The zero-order chi connectivity index (χ0) is 12.3. The molecule has 0 saturated carbocycles. The summed E-state index contributed by atoms with van der Waals surface area (Å²) >= 11 is 4.82. The van der Waals surface area contributed by atoms with E-state index in [-0.39, 0.29) is 0 Å². The minimum absolute atomic E-state index is 0.449. The topological polar surface area (TPSA) is 63.0 Å². The van der Waals surface area contributed by atoms with Gasteiger partial charge in [0.15, 0.2) is 5.11 Å². The molecule has 1 heterocycles. The monoisotopic (exact) mass is 286 g/mol. The molecule has 0 amide bonds. The fraction of sp³-hybridized carbons (Fsp3) is 0.200. The molecule has 0 aromatic carbocycles. The first kappa shape index (κ1) is 14.3. The molecule has 1 aromatic heterocycles. The summed E-state index contributed by atoms with van der Waals surface area (Å²) in [5.74, 6) is 6.03. The lowest BCUT2D eigenvalue weighted by atomic mass is 10.5. The van der Waals surface area contributed by atoms with Gasteiger partial charge in [-0.1, -0.05) is 29.0 Å². The molecule has 0 unspecified atom stereocenters. The first-order chi connectivity index (χ1) is 8.33. The van der Waals surface area contributed by atoms with E-state index in [0.717, 1.165) is 10.8 Å². The van der Waals surface area contributed by atoms with Gasteiger partial charge in [-0.05, 0) is 35.1 Å². The van der Waals surface area contributed by atoms with Gasteiger partial charge >= 0.3 is 0 Å². The molecule has 1 rings (SSSR count). The van der Waals surface area contributed by atoms with Crippen LogP contribution >= 0.6 is 33.8 Å². The third-order valence-electron chi connectivity index (χ3n) is 1.62. The highest BCUT2D eigenvalue weighted by Gasteiger charge is 1.92. The van der Waals surface area contributed by atoms with E-state index in [2.05, 4.69) is 21.8 Å². The minimum atomic E-state index is 0.449. The molecule has 0 bridgehead atoms. The molecule has 0 fully saturated rings. The molecule has 0 aliphatic rings. The van der Waals surface area contributed by atoms with Crippen molar-refractivity contribution in [2.45, 2.75) is 5.03 Å². The zero-order valence-corrected chi connectivity index (χ0v) is 11.6. The number of hydrogen-bond donors (Lipinski definition) is 3. The molecular weight excluding hydrogens is 272 g/mol. The van der Waals surface area contributed by atoms with Crippen LogP contribution in [0, 0.1) is 0 Å². The van der Waals surface area contributed by atoms with Crippen LogP contribution in [0.25, 0.3) is 0 Å². The number of aromatic nitrogens is 1. The summed E-state index contributed by atoms with van der Waals surface area (Å²) in [6.07, 6.45) is 5.88. The summed E-state index contributed by atoms with van der Waals surface area (Å²) < 4.78 is 0. The highest BCUT2D eigenvalue weighted by Crippen LogP contribution is 2.28. The van der Waals surface area contributed by atoms with Crippen molar-refractivity contribution in [1.82, 2.24) is 15.7 Å². The van der Waals surface area contributed by atoms with Crippen molar-refractivity contribution >= 4 is 38.9 Å². The minimum Gasteiger partial charge on any atom is -0.358 e. The Morgan fingerprint density at radius 1 is 1.47 bits per heavy atom. The third-order valence-corrected chi connectivity index (χ3v) is 4.02. The van der Waals surface area contributed by atoms with E-state index in [1.807, 2.05) is 24.3 Å². The predicted octanol–water partition coefficient (Wildman–Crippen LogP) is 1.72. The lowest BCUT2D eigenvalue weighted by molar-refractivity contribution is 0.936. The number of hydrogen-bond acceptors (Lipinski definition) is 5. The van der Waals surface area contributed by atoms with E-state index in [0.29, 0.717) is 11.7 Å². The summed E-state index contributed by atoms with van der Waals surface area (Å²) in [5.41, 5.74) is 2.36. The Bertz CT molecular complexity index is 356. The zero-order valence-electron chi connectivity index (χ0n) is 9.13. The smallest absolute Gasteiger partial charge is 0.180 e. The van der Waals surface area contributed by atoms with Gasteiger partial charge in [-0.15, -0.1) is 0 Å². The van der Waals surface area contributed by atoms with Crippen molar-refractivity contribution in [1.29, 1.82) is 0 Å². The number of nitrogens with one attached hydrogen (secondary N) is 2. The summed E-state index contributed by atoms with van der Waals surface area (Å²) in [5, 5.41) is 4.40. The van der Waals surface area contributed by atoms with Crippen molar-refractivity contribution in [3.05, 3.63) is 36.5 Å². The number of thiocarbonyl (C=S) groups is 1. The van der Waals surface area contributed by atoms with E-state index in [1.165, 1.54) is 0 Å². The third kappa shape index (κ3) is 7.22. The summed E-state index contributed by atoms with van der Waals surface area (Å²) in [6, 6.07) is 5.89. The number of nitrogens with two attached hydrogens (primary N) is 1. The van der Waals surface area contributed by atoms with Crippen molar-refractivity contribution in [3.8, 4) is 0 Å². The van der Waals surface area contributed by atoms with E-state index in [9.17, 15) is 0 Å². The Kier molecular flexibility index (Phi) is 7.81. The molecule has 0 aliphatic heterocycles. The van der Waals surface area contributed by atoms with E-state index in [4.69, 9.17) is 18.1 Å². The standard InChI is InChI=1S/C10H14N4S3/c11-14-10(15)13-7-3-4-8-16-17-9-5-1-2-6-12-9/h1-6H,7-8,11H2,(H2,13,14,15). The predicted molar refractivity (Wildman–Crippen MR) is 79.6 cm³/mol. The van der Waals surface area contributed by atoms with Gasteiger partial charge in [-0.3, -0.25) is 0 Å². The summed E-state index contributed by atoms with van der Waals surface area (Å²) in [7, 11) is 3.40. The average Bonchev–Trinajstić information content (AvgIpc) is 2.38. The van der Waals surface area contributed by atoms with Crippen LogP contribution in [0.4, 0.5) is 0 Å². The lowest BCUT2D eigenvalue weighted by Gasteiger charge is -2.02. The van der Waals surface area contributed by atoms with Gasteiger partial charge in [-0.25, -0.2) is 10.8 Å². The second-order valence-corrected chi connectivity index (χ2v) is 5.63. The van der Waals surface area contributed by atoms with Gasteiger partial charge in [-0.2, -0.15) is 0 Å². The Morgan fingerprint density at radius 2 is 2.35 bits per heavy atom. The van der Waals surface area contributed by atoms with Crippen LogP contribution in [-0.4, -0.2) is 22.4 Å². The second kappa shape index (κ2) is 9.29. The van der Waals surface area contributed by atoms with Gasteiger partial charge in [0.2, 0.25) is 0 Å². The van der Waals surface area contributed by atoms with Crippen molar-refractivity contribution in [2.75, 3.05) is 12.3 Å². The van der Waals surface area contributed by atoms with Crippen molar-refractivity contribution in [2.24, 2.45) is 5.84 Å². The maximum absolute atomic E-state index is 5.11. The number of rotatable bonds is 6. The Hall–Kier alpha value is -0.760. The highest BCUT2D eigenvalue weighted by molar-refractivity contribution is 8.76. The maximum Gasteiger partial charge on any atom is 0.180 e. The van der Waals surface area contributed by atoms with Gasteiger partial charge in [0, 0.05) is 18.5 Å². The van der Waals surface area contributed by atoms with Crippen molar-refractivity contribution < 1.29 is 0 Å². The molecule has 7 heteroatoms. The molecule has 0 saturated heterocycles. The molecule has 17 heavy (non-hydrogen) atoms. The highest BCUT2D eigenvalue weighted by atomic mass is 33.1. The molecule has 0 aliphatic carbocycles. The SMILES string of the molecule is NNC(=S)NCC=CCSSc1ccccn1. The summed E-state index contributed by atoms with van der Waals surface area (Å²) in [4.78, 5) is 4.21. The number of pyridine rings is 1. The molecule has 4 nitrogen and oxygen atoms in total. The quantitative estimate of drug-likeness (QED) is 0.184. The van der Waals surface area contributed by atoms with Crippen LogP contribution in [0.2, 0.25) is 0 Å². The van der Waals surface area contributed by atoms with Gasteiger partial charge < -0.3 is 10.7 Å². The van der Waals surface area contributed by atoms with Gasteiger partial charge in [0.25, 0.3) is 0 Å². The molecule has 1 aromatic rings. The fourth-order valence-corrected chi connectivity index (χ4v) is 2.71. The van der Waals surface area contributed by atoms with Crippen LogP contribution in [0.5, 0.6) is 0 Å². The van der Waals surface area contributed by atoms with Crippen LogP contribution in [0.1, 0.15) is 0 Å². The fourth-order valence-electron chi connectivity index (χ4n) is 0.884. The van der Waals surface area contributed by atoms with Crippen LogP contribution < -0.4 is 16.6 Å². The van der Waals surface area contributed by atoms with Crippen LogP contribution in [-0.2, 0) is 0 Å². The van der Waals surface area contributed by atoms with E-state index >= 15 is 0 Å². The first-order valence-corrected chi connectivity index (χ1v) is 7.65. The molecule has 0 radical (unpaired) electrons. The van der Waals surface area contributed by atoms with Gasteiger partial charge in [0.05, 0.1) is 0 Å². The van der Waals surface area contributed by atoms with E-state index in [1.54, 1.807) is 27.8 Å².